The number of nitrogens with zero attached hydrogens (tertiary/aromatic N) is 1. The number of halogens is 1. The van der Waals surface area contributed by atoms with E-state index in [9.17, 15) is 4.79 Å². The summed E-state index contributed by atoms with van der Waals surface area (Å²) in [6.45, 7) is 3.22. The van der Waals surface area contributed by atoms with Crippen molar-refractivity contribution in [1.82, 2.24) is 0 Å². The molecule has 1 aliphatic heterocycles. The Morgan fingerprint density at radius 2 is 2.00 bits per heavy atom. The van der Waals surface area contributed by atoms with E-state index < -0.39 is 0 Å². The predicted octanol–water partition coefficient (Wildman–Crippen LogP) is 1.83. The lowest BCUT2D eigenvalue weighted by Crippen LogP contribution is -2.36. The summed E-state index contributed by atoms with van der Waals surface area (Å²) >= 11 is 5.44. The fourth-order valence-electron chi connectivity index (χ4n) is 1.92. The first-order valence-electron chi connectivity index (χ1n) is 5.36. The van der Waals surface area contributed by atoms with Gasteiger partial charge in [0.05, 0.1) is 13.2 Å². The molecule has 0 radical (unpaired) electrons. The molecule has 1 aromatic carbocycles. The molecule has 1 saturated heterocycles. The van der Waals surface area contributed by atoms with E-state index in [1.165, 1.54) is 0 Å². The topological polar surface area (TPSA) is 29.5 Å². The van der Waals surface area contributed by atoms with Crippen molar-refractivity contribution in [2.75, 3.05) is 31.2 Å². The maximum atomic E-state index is 11.0. The second-order valence-electron chi connectivity index (χ2n) is 3.76. The summed E-state index contributed by atoms with van der Waals surface area (Å²) in [5.74, 6) is 0. The average molecular weight is 240 g/mol. The molecule has 0 N–H and O–H groups in total. The van der Waals surface area contributed by atoms with Gasteiger partial charge in [-0.1, -0.05) is 18.2 Å². The van der Waals surface area contributed by atoms with Crippen LogP contribution in [-0.2, 0) is 16.0 Å². The zero-order valence-corrected chi connectivity index (χ0v) is 9.74. The second kappa shape index (κ2) is 5.32. The van der Waals surface area contributed by atoms with Gasteiger partial charge in [0.1, 0.15) is 0 Å². The number of para-hydroxylation sites is 1. The highest BCUT2D eigenvalue weighted by Crippen LogP contribution is 2.22. The molecule has 2 rings (SSSR count). The molecule has 4 heteroatoms. The fourth-order valence-corrected chi connectivity index (χ4v) is 2.07. The number of rotatable bonds is 3. The van der Waals surface area contributed by atoms with Gasteiger partial charge in [0.25, 0.3) is 0 Å². The molecule has 1 aliphatic rings. The van der Waals surface area contributed by atoms with Crippen molar-refractivity contribution >= 4 is 22.5 Å². The molecular weight excluding hydrogens is 226 g/mol. The van der Waals surface area contributed by atoms with Crippen molar-refractivity contribution in [2.24, 2.45) is 0 Å². The number of anilines is 1. The fraction of sp³-hybridized carbons (Fsp3) is 0.417. The molecule has 16 heavy (non-hydrogen) atoms. The largest absolute Gasteiger partial charge is 0.378 e. The maximum absolute atomic E-state index is 11.0. The van der Waals surface area contributed by atoms with Gasteiger partial charge in [-0.25, -0.2) is 0 Å². The van der Waals surface area contributed by atoms with Crippen molar-refractivity contribution in [3.05, 3.63) is 29.8 Å². The molecule has 0 spiro atoms. The summed E-state index contributed by atoms with van der Waals surface area (Å²) in [5.41, 5.74) is 2.09. The molecule has 0 atom stereocenters. The minimum absolute atomic E-state index is 0.287. The molecule has 3 nitrogen and oxygen atoms in total. The van der Waals surface area contributed by atoms with E-state index in [0.717, 1.165) is 37.6 Å². The van der Waals surface area contributed by atoms with Crippen LogP contribution in [0.1, 0.15) is 5.56 Å². The summed E-state index contributed by atoms with van der Waals surface area (Å²) < 4.78 is 5.31. The van der Waals surface area contributed by atoms with E-state index in [-0.39, 0.29) is 11.7 Å². The number of carbonyl (C=O) groups excluding carboxylic acids is 1. The minimum atomic E-state index is -0.319. The van der Waals surface area contributed by atoms with Gasteiger partial charge in [0.2, 0.25) is 5.24 Å². The Hall–Kier alpha value is -1.06. The van der Waals surface area contributed by atoms with E-state index in [2.05, 4.69) is 4.90 Å². The summed E-state index contributed by atoms with van der Waals surface area (Å²) in [7, 11) is 0. The van der Waals surface area contributed by atoms with Crippen LogP contribution in [-0.4, -0.2) is 31.5 Å². The van der Waals surface area contributed by atoms with Gasteiger partial charge in [-0.3, -0.25) is 4.79 Å². The highest BCUT2D eigenvalue weighted by molar-refractivity contribution is 6.63. The molecular formula is C12H14ClNO2. The van der Waals surface area contributed by atoms with Crippen LogP contribution in [0.2, 0.25) is 0 Å². The normalized spacial score (nSPS) is 16.2. The SMILES string of the molecule is O=C(Cl)Cc1ccccc1N1CCOCC1. The van der Waals surface area contributed by atoms with Crippen LogP contribution in [0.15, 0.2) is 24.3 Å². The smallest absolute Gasteiger partial charge is 0.226 e. The van der Waals surface area contributed by atoms with E-state index in [1.54, 1.807) is 0 Å². The van der Waals surface area contributed by atoms with Crippen LogP contribution in [0.5, 0.6) is 0 Å². The van der Waals surface area contributed by atoms with Crippen LogP contribution >= 0.6 is 11.6 Å². The average Bonchev–Trinajstić information content (AvgIpc) is 2.30. The highest BCUT2D eigenvalue weighted by atomic mass is 35.5. The summed E-state index contributed by atoms with van der Waals surface area (Å²) in [5, 5.41) is -0.319. The van der Waals surface area contributed by atoms with E-state index >= 15 is 0 Å². The monoisotopic (exact) mass is 239 g/mol. The number of carbonyl (C=O) groups is 1. The third-order valence-electron chi connectivity index (χ3n) is 2.67. The molecule has 1 fully saturated rings. The molecule has 0 saturated carbocycles. The standard InChI is InChI=1S/C12H14ClNO2/c13-12(15)9-10-3-1-2-4-11(10)14-5-7-16-8-6-14/h1-4H,5-9H2. The van der Waals surface area contributed by atoms with Gasteiger partial charge < -0.3 is 9.64 Å². The Morgan fingerprint density at radius 1 is 1.31 bits per heavy atom. The Morgan fingerprint density at radius 3 is 2.69 bits per heavy atom. The van der Waals surface area contributed by atoms with Crippen LogP contribution in [0.3, 0.4) is 0 Å². The molecule has 0 amide bonds. The molecule has 0 aromatic heterocycles. The summed E-state index contributed by atoms with van der Waals surface area (Å²) in [6.07, 6.45) is 0.287. The molecule has 1 heterocycles. The summed E-state index contributed by atoms with van der Waals surface area (Å²) in [4.78, 5) is 13.2. The molecule has 0 bridgehead atoms. The third-order valence-corrected chi connectivity index (χ3v) is 2.81. The molecule has 1 aromatic rings. The zero-order valence-electron chi connectivity index (χ0n) is 8.99. The van der Waals surface area contributed by atoms with Crippen molar-refractivity contribution in [3.63, 3.8) is 0 Å². The van der Waals surface area contributed by atoms with Crippen LogP contribution in [0.25, 0.3) is 0 Å². The van der Waals surface area contributed by atoms with Gasteiger partial charge in [0.15, 0.2) is 0 Å². The van der Waals surface area contributed by atoms with Gasteiger partial charge >= 0.3 is 0 Å². The first kappa shape index (κ1) is 11.4. The van der Waals surface area contributed by atoms with Crippen LogP contribution in [0, 0.1) is 0 Å². The van der Waals surface area contributed by atoms with Gasteiger partial charge in [-0.15, -0.1) is 0 Å². The number of ether oxygens (including phenoxy) is 1. The molecule has 0 aliphatic carbocycles. The lowest BCUT2D eigenvalue weighted by atomic mass is 10.1. The Balaban J connectivity index is 2.20. The van der Waals surface area contributed by atoms with Crippen LogP contribution in [0.4, 0.5) is 5.69 Å². The molecule has 0 unspecified atom stereocenters. The number of hydrogen-bond acceptors (Lipinski definition) is 3. The highest BCUT2D eigenvalue weighted by Gasteiger charge is 2.15. The van der Waals surface area contributed by atoms with E-state index in [0.29, 0.717) is 0 Å². The second-order valence-corrected chi connectivity index (χ2v) is 4.18. The quantitative estimate of drug-likeness (QED) is 0.754. The van der Waals surface area contributed by atoms with Crippen molar-refractivity contribution in [3.8, 4) is 0 Å². The van der Waals surface area contributed by atoms with Crippen LogP contribution < -0.4 is 4.90 Å². The first-order valence-corrected chi connectivity index (χ1v) is 5.74. The Labute approximate surface area is 100.0 Å². The predicted molar refractivity (Wildman–Crippen MR) is 64.0 cm³/mol. The van der Waals surface area contributed by atoms with Crippen molar-refractivity contribution < 1.29 is 9.53 Å². The maximum Gasteiger partial charge on any atom is 0.226 e. The lowest BCUT2D eigenvalue weighted by Gasteiger charge is -2.30. The number of hydrogen-bond donors (Lipinski definition) is 0. The van der Waals surface area contributed by atoms with Gasteiger partial charge in [-0.2, -0.15) is 0 Å². The molecule has 86 valence electrons. The Bertz CT molecular complexity index is 375. The first-order chi connectivity index (χ1) is 7.77. The number of benzene rings is 1. The van der Waals surface area contributed by atoms with E-state index in [1.807, 2.05) is 24.3 Å². The lowest BCUT2D eigenvalue weighted by molar-refractivity contribution is -0.111. The van der Waals surface area contributed by atoms with Gasteiger partial charge in [-0.05, 0) is 23.2 Å². The van der Waals surface area contributed by atoms with Crippen molar-refractivity contribution in [1.29, 1.82) is 0 Å². The van der Waals surface area contributed by atoms with Gasteiger partial charge in [0, 0.05) is 25.2 Å². The minimum Gasteiger partial charge on any atom is -0.378 e. The summed E-state index contributed by atoms with van der Waals surface area (Å²) in [6, 6.07) is 7.89. The van der Waals surface area contributed by atoms with E-state index in [4.69, 9.17) is 16.3 Å². The Kier molecular flexibility index (Phi) is 3.80. The zero-order chi connectivity index (χ0) is 11.4. The third kappa shape index (κ3) is 2.74. The number of morpholine rings is 1. The van der Waals surface area contributed by atoms with Crippen molar-refractivity contribution in [2.45, 2.75) is 6.42 Å².